The molecular weight excluding hydrogens is 312 g/mol. The van der Waals surface area contributed by atoms with Crippen LogP contribution in [0.15, 0.2) is 16.6 Å². The molecule has 100 valence electrons. The number of hydrogen-bond donors (Lipinski definition) is 1. The topological polar surface area (TPSA) is 79.2 Å². The van der Waals surface area contributed by atoms with Gasteiger partial charge in [0.05, 0.1) is 18.1 Å². The standard InChI is InChI=1S/C13H13BrN2O3/c1-9-5-11(14)6-10(7-17)13(9)19-8-12(18)16-4-2-3-15/h5-7H,2,4,8H2,1H3,(H,16,18). The van der Waals surface area contributed by atoms with E-state index in [1.807, 2.05) is 6.07 Å². The van der Waals surface area contributed by atoms with E-state index in [1.165, 1.54) is 0 Å². The molecule has 0 saturated carbocycles. The second kappa shape index (κ2) is 7.54. The molecule has 1 rings (SSSR count). The molecule has 0 radical (unpaired) electrons. The van der Waals surface area contributed by atoms with E-state index in [0.717, 1.165) is 10.0 Å². The summed E-state index contributed by atoms with van der Waals surface area (Å²) in [4.78, 5) is 22.4. The molecule has 0 aliphatic carbocycles. The third-order valence-electron chi connectivity index (χ3n) is 2.30. The summed E-state index contributed by atoms with van der Waals surface area (Å²) in [5, 5.41) is 10.9. The van der Waals surface area contributed by atoms with Gasteiger partial charge in [0.15, 0.2) is 12.9 Å². The summed E-state index contributed by atoms with van der Waals surface area (Å²) in [6.07, 6.45) is 0.934. The third-order valence-corrected chi connectivity index (χ3v) is 2.76. The first-order valence-corrected chi connectivity index (χ1v) is 6.39. The Balaban J connectivity index is 2.65. The van der Waals surface area contributed by atoms with Gasteiger partial charge in [0.25, 0.3) is 5.91 Å². The first-order chi connectivity index (χ1) is 9.08. The molecule has 0 aliphatic heterocycles. The van der Waals surface area contributed by atoms with Gasteiger partial charge in [0.2, 0.25) is 0 Å². The van der Waals surface area contributed by atoms with E-state index in [1.54, 1.807) is 19.1 Å². The van der Waals surface area contributed by atoms with Crippen molar-refractivity contribution < 1.29 is 14.3 Å². The molecule has 0 saturated heterocycles. The van der Waals surface area contributed by atoms with E-state index in [-0.39, 0.29) is 18.9 Å². The predicted molar refractivity (Wildman–Crippen MR) is 73.0 cm³/mol. The van der Waals surface area contributed by atoms with Crippen LogP contribution in [0.1, 0.15) is 22.3 Å². The summed E-state index contributed by atoms with van der Waals surface area (Å²) < 4.78 is 6.14. The largest absolute Gasteiger partial charge is 0.483 e. The van der Waals surface area contributed by atoms with Crippen LogP contribution in [0.4, 0.5) is 0 Å². The van der Waals surface area contributed by atoms with Gasteiger partial charge in [-0.15, -0.1) is 0 Å². The lowest BCUT2D eigenvalue weighted by molar-refractivity contribution is -0.123. The zero-order chi connectivity index (χ0) is 14.3. The monoisotopic (exact) mass is 324 g/mol. The first-order valence-electron chi connectivity index (χ1n) is 5.60. The number of amides is 1. The maximum Gasteiger partial charge on any atom is 0.257 e. The number of carbonyl (C=O) groups excluding carboxylic acids is 2. The lowest BCUT2D eigenvalue weighted by Gasteiger charge is -2.11. The van der Waals surface area contributed by atoms with Crippen molar-refractivity contribution in [3.8, 4) is 11.8 Å². The number of nitrogens with one attached hydrogen (secondary N) is 1. The number of hydrogen-bond acceptors (Lipinski definition) is 4. The molecule has 1 aromatic carbocycles. The highest BCUT2D eigenvalue weighted by atomic mass is 79.9. The van der Waals surface area contributed by atoms with Gasteiger partial charge < -0.3 is 10.1 Å². The van der Waals surface area contributed by atoms with Crippen molar-refractivity contribution in [2.45, 2.75) is 13.3 Å². The van der Waals surface area contributed by atoms with Crippen LogP contribution in [-0.2, 0) is 4.79 Å². The summed E-state index contributed by atoms with van der Waals surface area (Å²) in [7, 11) is 0. The zero-order valence-electron chi connectivity index (χ0n) is 10.4. The van der Waals surface area contributed by atoms with Crippen LogP contribution in [-0.4, -0.2) is 25.3 Å². The van der Waals surface area contributed by atoms with E-state index in [4.69, 9.17) is 10.00 Å². The molecule has 0 fully saturated rings. The van der Waals surface area contributed by atoms with Crippen molar-refractivity contribution in [1.82, 2.24) is 5.32 Å². The second-order valence-electron chi connectivity index (χ2n) is 3.81. The molecule has 0 aromatic heterocycles. The summed E-state index contributed by atoms with van der Waals surface area (Å²) in [5.74, 6) is 0.0723. The lowest BCUT2D eigenvalue weighted by Crippen LogP contribution is -2.29. The molecular formula is C13H13BrN2O3. The van der Waals surface area contributed by atoms with Gasteiger partial charge in [-0.1, -0.05) is 15.9 Å². The maximum atomic E-state index is 11.4. The Morgan fingerprint density at radius 1 is 1.58 bits per heavy atom. The van der Waals surface area contributed by atoms with Gasteiger partial charge in [0.1, 0.15) is 5.75 Å². The number of nitrogens with zero attached hydrogens (tertiary/aromatic N) is 1. The number of aryl methyl sites for hydroxylation is 1. The van der Waals surface area contributed by atoms with Crippen LogP contribution in [0.3, 0.4) is 0 Å². The van der Waals surface area contributed by atoms with E-state index in [2.05, 4.69) is 21.2 Å². The van der Waals surface area contributed by atoms with Gasteiger partial charge >= 0.3 is 0 Å². The van der Waals surface area contributed by atoms with Crippen LogP contribution >= 0.6 is 15.9 Å². The van der Waals surface area contributed by atoms with Crippen LogP contribution in [0, 0.1) is 18.3 Å². The fraction of sp³-hybridized carbons (Fsp3) is 0.308. The van der Waals surface area contributed by atoms with E-state index >= 15 is 0 Å². The van der Waals surface area contributed by atoms with Crippen molar-refractivity contribution in [1.29, 1.82) is 5.26 Å². The Kier molecular flexibility index (Phi) is 6.03. The Bertz CT molecular complexity index is 523. The van der Waals surface area contributed by atoms with Crippen LogP contribution in [0.2, 0.25) is 0 Å². The number of ether oxygens (including phenoxy) is 1. The van der Waals surface area contributed by atoms with E-state index in [9.17, 15) is 9.59 Å². The SMILES string of the molecule is Cc1cc(Br)cc(C=O)c1OCC(=O)NCCC#N. The van der Waals surface area contributed by atoms with Crippen LogP contribution in [0.5, 0.6) is 5.75 Å². The lowest BCUT2D eigenvalue weighted by atomic mass is 10.1. The van der Waals surface area contributed by atoms with Gasteiger partial charge in [-0.3, -0.25) is 9.59 Å². The molecule has 0 atom stereocenters. The van der Waals surface area contributed by atoms with Crippen molar-refractivity contribution in [2.75, 3.05) is 13.2 Å². The molecule has 5 nitrogen and oxygen atoms in total. The number of nitriles is 1. The molecule has 0 unspecified atom stereocenters. The molecule has 0 spiro atoms. The quantitative estimate of drug-likeness (QED) is 0.641. The van der Waals surface area contributed by atoms with Crippen molar-refractivity contribution >= 4 is 28.1 Å². The Hall–Kier alpha value is -1.87. The number of carbonyl (C=O) groups is 2. The summed E-state index contributed by atoms with van der Waals surface area (Å²) in [6, 6.07) is 5.35. The van der Waals surface area contributed by atoms with E-state index < -0.39 is 0 Å². The normalized spacial score (nSPS) is 9.53. The van der Waals surface area contributed by atoms with Crippen LogP contribution < -0.4 is 10.1 Å². The van der Waals surface area contributed by atoms with E-state index in [0.29, 0.717) is 24.1 Å². The van der Waals surface area contributed by atoms with Gasteiger partial charge in [-0.2, -0.15) is 5.26 Å². The first kappa shape index (κ1) is 15.2. The summed E-state index contributed by atoms with van der Waals surface area (Å²) >= 11 is 3.29. The highest BCUT2D eigenvalue weighted by Crippen LogP contribution is 2.26. The molecule has 1 amide bonds. The zero-order valence-corrected chi connectivity index (χ0v) is 12.0. The third kappa shape index (κ3) is 4.72. The minimum Gasteiger partial charge on any atom is -0.483 e. The fourth-order valence-electron chi connectivity index (χ4n) is 1.49. The van der Waals surface area contributed by atoms with Crippen molar-refractivity contribution in [3.63, 3.8) is 0 Å². The Morgan fingerprint density at radius 2 is 2.32 bits per heavy atom. The number of aldehydes is 1. The molecule has 1 N–H and O–H groups in total. The summed E-state index contributed by atoms with van der Waals surface area (Å²) in [6.45, 7) is 1.90. The average molecular weight is 325 g/mol. The Morgan fingerprint density at radius 3 is 2.95 bits per heavy atom. The Labute approximate surface area is 119 Å². The predicted octanol–water partition coefficient (Wildman–Crippen LogP) is 1.98. The smallest absolute Gasteiger partial charge is 0.257 e. The van der Waals surface area contributed by atoms with Gasteiger partial charge in [0, 0.05) is 11.0 Å². The van der Waals surface area contributed by atoms with Gasteiger partial charge in [-0.25, -0.2) is 0 Å². The second-order valence-corrected chi connectivity index (χ2v) is 4.72. The molecule has 1 aromatic rings. The number of rotatable bonds is 6. The molecule has 0 heterocycles. The molecule has 0 bridgehead atoms. The average Bonchev–Trinajstić information content (AvgIpc) is 2.37. The number of benzene rings is 1. The minimum atomic E-state index is -0.325. The van der Waals surface area contributed by atoms with Crippen molar-refractivity contribution in [3.05, 3.63) is 27.7 Å². The molecule has 19 heavy (non-hydrogen) atoms. The maximum absolute atomic E-state index is 11.4. The van der Waals surface area contributed by atoms with Crippen molar-refractivity contribution in [2.24, 2.45) is 0 Å². The number of halogens is 1. The van der Waals surface area contributed by atoms with Gasteiger partial charge in [-0.05, 0) is 24.6 Å². The van der Waals surface area contributed by atoms with Crippen LogP contribution in [0.25, 0.3) is 0 Å². The molecule has 6 heteroatoms. The highest BCUT2D eigenvalue weighted by molar-refractivity contribution is 9.10. The fourth-order valence-corrected chi connectivity index (χ4v) is 2.08. The summed E-state index contributed by atoms with van der Waals surface area (Å²) in [5.41, 5.74) is 1.15. The highest BCUT2D eigenvalue weighted by Gasteiger charge is 2.10. The molecule has 0 aliphatic rings. The minimum absolute atomic E-state index is 0.186.